The van der Waals surface area contributed by atoms with Crippen LogP contribution in [0.3, 0.4) is 0 Å². The number of hydrogen-bond donors (Lipinski definition) is 1. The first-order valence-corrected chi connectivity index (χ1v) is 4.22. The Labute approximate surface area is 77.2 Å². The van der Waals surface area contributed by atoms with Crippen LogP contribution in [0.5, 0.6) is 0 Å². The Bertz CT molecular complexity index is 340. The molecule has 1 aromatic rings. The van der Waals surface area contributed by atoms with E-state index in [0.29, 0.717) is 17.0 Å². The van der Waals surface area contributed by atoms with Gasteiger partial charge in [-0.2, -0.15) is 5.10 Å². The van der Waals surface area contributed by atoms with Crippen molar-refractivity contribution in [3.8, 4) is 0 Å². The molecule has 13 heavy (non-hydrogen) atoms. The van der Waals surface area contributed by atoms with Crippen LogP contribution >= 0.6 is 0 Å². The van der Waals surface area contributed by atoms with E-state index in [1.165, 1.54) is 0 Å². The third-order valence-corrected chi connectivity index (χ3v) is 2.12. The highest BCUT2D eigenvalue weighted by atomic mass is 16.4. The van der Waals surface area contributed by atoms with Gasteiger partial charge in [0.05, 0.1) is 5.69 Å². The number of aryl methyl sites for hydroxylation is 1. The van der Waals surface area contributed by atoms with Gasteiger partial charge in [-0.25, -0.2) is 4.79 Å². The standard InChI is InChI=1S/C9H14N2O2/c1-5(2)8-7(9(12)13)6(3)11(4)10-8/h5H,1-4H3,(H,12,13). The van der Waals surface area contributed by atoms with Crippen LogP contribution in [0, 0.1) is 6.92 Å². The molecule has 0 radical (unpaired) electrons. The van der Waals surface area contributed by atoms with E-state index in [1.54, 1.807) is 18.7 Å². The third-order valence-electron chi connectivity index (χ3n) is 2.12. The Morgan fingerprint density at radius 3 is 2.38 bits per heavy atom. The topological polar surface area (TPSA) is 55.1 Å². The summed E-state index contributed by atoms with van der Waals surface area (Å²) in [4.78, 5) is 10.9. The first-order chi connectivity index (χ1) is 5.95. The summed E-state index contributed by atoms with van der Waals surface area (Å²) in [5.41, 5.74) is 1.71. The monoisotopic (exact) mass is 182 g/mol. The van der Waals surface area contributed by atoms with E-state index in [2.05, 4.69) is 5.10 Å². The molecule has 1 heterocycles. The second-order valence-corrected chi connectivity index (χ2v) is 3.43. The maximum absolute atomic E-state index is 10.9. The summed E-state index contributed by atoms with van der Waals surface area (Å²) < 4.78 is 1.61. The fourth-order valence-electron chi connectivity index (χ4n) is 1.30. The van der Waals surface area contributed by atoms with Crippen molar-refractivity contribution in [3.05, 3.63) is 17.0 Å². The zero-order valence-electron chi connectivity index (χ0n) is 8.33. The molecule has 72 valence electrons. The number of carbonyl (C=O) groups is 1. The van der Waals surface area contributed by atoms with Crippen LogP contribution in [-0.4, -0.2) is 20.9 Å². The average molecular weight is 182 g/mol. The van der Waals surface area contributed by atoms with Crippen molar-refractivity contribution < 1.29 is 9.90 Å². The predicted molar refractivity (Wildman–Crippen MR) is 49.0 cm³/mol. The molecular weight excluding hydrogens is 168 g/mol. The molecule has 0 amide bonds. The molecular formula is C9H14N2O2. The molecule has 0 aliphatic rings. The van der Waals surface area contributed by atoms with E-state index in [0.717, 1.165) is 0 Å². The Balaban J connectivity index is 3.35. The van der Waals surface area contributed by atoms with Crippen molar-refractivity contribution in [3.63, 3.8) is 0 Å². The van der Waals surface area contributed by atoms with Gasteiger partial charge in [-0.1, -0.05) is 13.8 Å². The molecule has 0 aromatic carbocycles. The van der Waals surface area contributed by atoms with Crippen LogP contribution in [0.2, 0.25) is 0 Å². The first kappa shape index (κ1) is 9.77. The second-order valence-electron chi connectivity index (χ2n) is 3.43. The van der Waals surface area contributed by atoms with Gasteiger partial charge in [-0.3, -0.25) is 4.68 Å². The van der Waals surface area contributed by atoms with Crippen LogP contribution in [0.15, 0.2) is 0 Å². The molecule has 0 fully saturated rings. The average Bonchev–Trinajstić information content (AvgIpc) is 2.28. The molecule has 0 unspecified atom stereocenters. The molecule has 4 nitrogen and oxygen atoms in total. The quantitative estimate of drug-likeness (QED) is 0.755. The molecule has 0 spiro atoms. The third kappa shape index (κ3) is 1.56. The van der Waals surface area contributed by atoms with Gasteiger partial charge in [0.25, 0.3) is 0 Å². The van der Waals surface area contributed by atoms with E-state index in [9.17, 15) is 4.79 Å². The minimum absolute atomic E-state index is 0.144. The lowest BCUT2D eigenvalue weighted by atomic mass is 10.0. The van der Waals surface area contributed by atoms with Gasteiger partial charge in [0.2, 0.25) is 0 Å². The number of rotatable bonds is 2. The number of aromatic carboxylic acids is 1. The Morgan fingerprint density at radius 2 is 2.08 bits per heavy atom. The van der Waals surface area contributed by atoms with Crippen LogP contribution in [0.1, 0.15) is 41.5 Å². The summed E-state index contributed by atoms with van der Waals surface area (Å²) in [6, 6.07) is 0. The lowest BCUT2D eigenvalue weighted by molar-refractivity contribution is 0.0694. The minimum Gasteiger partial charge on any atom is -0.478 e. The molecule has 4 heteroatoms. The number of carboxylic acid groups (broad SMARTS) is 1. The zero-order chi connectivity index (χ0) is 10.2. The summed E-state index contributed by atoms with van der Waals surface area (Å²) in [6.07, 6.45) is 0. The van der Waals surface area contributed by atoms with Crippen LogP contribution < -0.4 is 0 Å². The molecule has 0 aliphatic carbocycles. The highest BCUT2D eigenvalue weighted by molar-refractivity contribution is 5.90. The van der Waals surface area contributed by atoms with Gasteiger partial charge in [-0.05, 0) is 12.8 Å². The van der Waals surface area contributed by atoms with Gasteiger partial charge in [0.1, 0.15) is 5.56 Å². The minimum atomic E-state index is -0.894. The van der Waals surface area contributed by atoms with Crippen molar-refractivity contribution in [1.82, 2.24) is 9.78 Å². The van der Waals surface area contributed by atoms with Crippen LogP contribution in [0.4, 0.5) is 0 Å². The van der Waals surface area contributed by atoms with Gasteiger partial charge in [-0.15, -0.1) is 0 Å². The second kappa shape index (κ2) is 3.20. The highest BCUT2D eigenvalue weighted by Gasteiger charge is 2.20. The number of aromatic nitrogens is 2. The van der Waals surface area contributed by atoms with E-state index in [4.69, 9.17) is 5.11 Å². The van der Waals surface area contributed by atoms with E-state index in [1.807, 2.05) is 13.8 Å². The molecule has 0 saturated carbocycles. The largest absolute Gasteiger partial charge is 0.478 e. The lowest BCUT2D eigenvalue weighted by Crippen LogP contribution is -2.03. The normalized spacial score (nSPS) is 10.8. The Hall–Kier alpha value is -1.32. The van der Waals surface area contributed by atoms with Gasteiger partial charge in [0.15, 0.2) is 0 Å². The molecule has 1 rings (SSSR count). The van der Waals surface area contributed by atoms with Crippen molar-refractivity contribution in [1.29, 1.82) is 0 Å². The number of nitrogens with zero attached hydrogens (tertiary/aromatic N) is 2. The number of carboxylic acids is 1. The van der Waals surface area contributed by atoms with E-state index in [-0.39, 0.29) is 5.92 Å². The fraction of sp³-hybridized carbons (Fsp3) is 0.556. The Morgan fingerprint density at radius 1 is 1.54 bits per heavy atom. The first-order valence-electron chi connectivity index (χ1n) is 4.22. The summed E-state index contributed by atoms with van der Waals surface area (Å²) in [7, 11) is 1.76. The lowest BCUT2D eigenvalue weighted by Gasteiger charge is -2.00. The SMILES string of the molecule is Cc1c(C(=O)O)c(C(C)C)nn1C. The molecule has 0 aliphatic heterocycles. The molecule has 0 saturated heterocycles. The summed E-state index contributed by atoms with van der Waals surface area (Å²) in [6.45, 7) is 5.64. The van der Waals surface area contributed by atoms with E-state index >= 15 is 0 Å². The Kier molecular flexibility index (Phi) is 2.40. The van der Waals surface area contributed by atoms with Gasteiger partial charge in [0, 0.05) is 12.7 Å². The molecule has 1 N–H and O–H groups in total. The summed E-state index contributed by atoms with van der Waals surface area (Å²) >= 11 is 0. The fourth-order valence-corrected chi connectivity index (χ4v) is 1.30. The number of hydrogen-bond acceptors (Lipinski definition) is 2. The zero-order valence-corrected chi connectivity index (χ0v) is 8.33. The van der Waals surface area contributed by atoms with Crippen molar-refractivity contribution >= 4 is 5.97 Å². The van der Waals surface area contributed by atoms with E-state index < -0.39 is 5.97 Å². The van der Waals surface area contributed by atoms with Crippen molar-refractivity contribution in [2.24, 2.45) is 7.05 Å². The predicted octanol–water partition coefficient (Wildman–Crippen LogP) is 1.55. The van der Waals surface area contributed by atoms with Crippen molar-refractivity contribution in [2.45, 2.75) is 26.7 Å². The van der Waals surface area contributed by atoms with Crippen molar-refractivity contribution in [2.75, 3.05) is 0 Å². The highest BCUT2D eigenvalue weighted by Crippen LogP contribution is 2.20. The molecule has 1 aromatic heterocycles. The molecule has 0 bridgehead atoms. The smallest absolute Gasteiger partial charge is 0.339 e. The van der Waals surface area contributed by atoms with Gasteiger partial charge >= 0.3 is 5.97 Å². The molecule has 0 atom stereocenters. The summed E-state index contributed by atoms with van der Waals surface area (Å²) in [5.74, 6) is -0.750. The maximum Gasteiger partial charge on any atom is 0.339 e. The summed E-state index contributed by atoms with van der Waals surface area (Å²) in [5, 5.41) is 13.1. The van der Waals surface area contributed by atoms with Crippen LogP contribution in [-0.2, 0) is 7.05 Å². The van der Waals surface area contributed by atoms with Crippen LogP contribution in [0.25, 0.3) is 0 Å². The maximum atomic E-state index is 10.9. The van der Waals surface area contributed by atoms with Gasteiger partial charge < -0.3 is 5.11 Å².